The van der Waals surface area contributed by atoms with Crippen molar-refractivity contribution in [1.29, 1.82) is 0 Å². The van der Waals surface area contributed by atoms with Crippen LogP contribution in [0.3, 0.4) is 0 Å². The number of anilines is 1. The molecule has 0 aliphatic heterocycles. The van der Waals surface area contributed by atoms with E-state index in [0.717, 1.165) is 42.8 Å². The van der Waals surface area contributed by atoms with E-state index in [1.165, 1.54) is 0 Å². The van der Waals surface area contributed by atoms with E-state index in [1.807, 2.05) is 48.9 Å². The topological polar surface area (TPSA) is 79.2 Å². The lowest BCUT2D eigenvalue weighted by atomic mass is 9.99. The second kappa shape index (κ2) is 6.65. The van der Waals surface area contributed by atoms with Gasteiger partial charge in [0.2, 0.25) is 0 Å². The molecule has 1 aliphatic carbocycles. The Bertz CT molecular complexity index is 732. The van der Waals surface area contributed by atoms with E-state index < -0.39 is 5.54 Å². The number of nitrogens with one attached hydrogen (secondary N) is 2. The van der Waals surface area contributed by atoms with Gasteiger partial charge in [0.25, 0.3) is 0 Å². The van der Waals surface area contributed by atoms with Crippen molar-refractivity contribution >= 4 is 11.7 Å². The molecule has 3 N–H and O–H groups in total. The van der Waals surface area contributed by atoms with Gasteiger partial charge in [-0.2, -0.15) is 5.10 Å². The summed E-state index contributed by atoms with van der Waals surface area (Å²) in [5, 5.41) is 19.9. The molecule has 2 aromatic rings. The largest absolute Gasteiger partial charge is 0.394 e. The molecule has 2 amide bonds. The first-order chi connectivity index (χ1) is 11.5. The highest BCUT2D eigenvalue weighted by atomic mass is 16.3. The van der Waals surface area contributed by atoms with Crippen LogP contribution >= 0.6 is 0 Å². The number of urea groups is 1. The summed E-state index contributed by atoms with van der Waals surface area (Å²) in [5.74, 6) is 0. The summed E-state index contributed by atoms with van der Waals surface area (Å²) >= 11 is 0. The van der Waals surface area contributed by atoms with Crippen molar-refractivity contribution in [1.82, 2.24) is 15.1 Å². The number of carbonyl (C=O) groups excluding carboxylic acids is 1. The first-order valence-corrected chi connectivity index (χ1v) is 8.35. The van der Waals surface area contributed by atoms with Gasteiger partial charge in [0.05, 0.1) is 23.5 Å². The van der Waals surface area contributed by atoms with Crippen LogP contribution in [0.15, 0.2) is 30.3 Å². The molecule has 0 radical (unpaired) electrons. The molecule has 0 atom stereocenters. The predicted molar refractivity (Wildman–Crippen MR) is 93.5 cm³/mol. The Hall–Kier alpha value is -2.34. The van der Waals surface area contributed by atoms with Gasteiger partial charge in [-0.25, -0.2) is 9.48 Å². The van der Waals surface area contributed by atoms with Gasteiger partial charge in [-0.05, 0) is 51.0 Å². The van der Waals surface area contributed by atoms with Crippen LogP contribution in [-0.4, -0.2) is 33.1 Å². The number of aryl methyl sites for hydroxylation is 2. The van der Waals surface area contributed by atoms with Gasteiger partial charge in [-0.15, -0.1) is 0 Å². The van der Waals surface area contributed by atoms with Gasteiger partial charge < -0.3 is 15.7 Å². The lowest BCUT2D eigenvalue weighted by molar-refractivity contribution is 0.167. The van der Waals surface area contributed by atoms with Gasteiger partial charge in [-0.1, -0.05) is 18.9 Å². The molecule has 0 unspecified atom stereocenters. The summed E-state index contributed by atoms with van der Waals surface area (Å²) in [7, 11) is 0. The molecule has 24 heavy (non-hydrogen) atoms. The third-order valence-corrected chi connectivity index (χ3v) is 4.60. The van der Waals surface area contributed by atoms with Gasteiger partial charge in [0.15, 0.2) is 0 Å². The Morgan fingerprint density at radius 3 is 2.67 bits per heavy atom. The zero-order valence-electron chi connectivity index (χ0n) is 14.2. The fourth-order valence-corrected chi connectivity index (χ4v) is 3.38. The highest BCUT2D eigenvalue weighted by Gasteiger charge is 2.34. The molecular weight excluding hydrogens is 304 g/mol. The van der Waals surface area contributed by atoms with Crippen LogP contribution < -0.4 is 10.6 Å². The minimum Gasteiger partial charge on any atom is -0.394 e. The number of aliphatic hydroxyl groups is 1. The molecule has 1 aromatic carbocycles. The van der Waals surface area contributed by atoms with Crippen molar-refractivity contribution in [3.05, 3.63) is 41.7 Å². The summed E-state index contributed by atoms with van der Waals surface area (Å²) in [5.41, 5.74) is 3.12. The Kier molecular flexibility index (Phi) is 4.57. The monoisotopic (exact) mass is 328 g/mol. The van der Waals surface area contributed by atoms with Crippen molar-refractivity contribution in [2.45, 2.75) is 45.1 Å². The van der Waals surface area contributed by atoms with Crippen LogP contribution in [0.1, 0.15) is 37.1 Å². The number of aromatic nitrogens is 2. The van der Waals surface area contributed by atoms with E-state index in [1.54, 1.807) is 0 Å². The minimum atomic E-state index is -0.475. The molecule has 0 spiro atoms. The first kappa shape index (κ1) is 16.5. The smallest absolute Gasteiger partial charge is 0.319 e. The molecule has 1 aliphatic rings. The molecule has 128 valence electrons. The Balaban J connectivity index is 1.73. The molecule has 1 saturated carbocycles. The van der Waals surface area contributed by atoms with Gasteiger partial charge in [0, 0.05) is 11.4 Å². The van der Waals surface area contributed by atoms with Gasteiger partial charge in [0.1, 0.15) is 0 Å². The van der Waals surface area contributed by atoms with E-state index in [-0.39, 0.29) is 12.6 Å². The van der Waals surface area contributed by atoms with Crippen molar-refractivity contribution < 1.29 is 9.90 Å². The maximum Gasteiger partial charge on any atom is 0.319 e. The molecule has 6 nitrogen and oxygen atoms in total. The lowest BCUT2D eigenvalue weighted by Gasteiger charge is -2.28. The van der Waals surface area contributed by atoms with E-state index in [4.69, 9.17) is 0 Å². The van der Waals surface area contributed by atoms with Gasteiger partial charge >= 0.3 is 6.03 Å². The highest BCUT2D eigenvalue weighted by Crippen LogP contribution is 2.29. The molecule has 3 rings (SSSR count). The Morgan fingerprint density at radius 1 is 1.29 bits per heavy atom. The summed E-state index contributed by atoms with van der Waals surface area (Å²) < 4.78 is 1.85. The molecular formula is C18H24N4O2. The second-order valence-corrected chi connectivity index (χ2v) is 6.61. The SMILES string of the molecule is Cc1cc(C)n(-c2cccc(NC(=O)NC3(CO)CCCC3)c2)n1. The summed E-state index contributed by atoms with van der Waals surface area (Å²) in [6, 6.07) is 9.30. The van der Waals surface area contributed by atoms with Crippen LogP contribution in [0.5, 0.6) is 0 Å². The highest BCUT2D eigenvalue weighted by molar-refractivity contribution is 5.90. The average Bonchev–Trinajstić information content (AvgIpc) is 3.14. The van der Waals surface area contributed by atoms with Crippen molar-refractivity contribution in [2.75, 3.05) is 11.9 Å². The van der Waals surface area contributed by atoms with E-state index in [9.17, 15) is 9.90 Å². The number of nitrogens with zero attached hydrogens (tertiary/aromatic N) is 2. The number of amides is 2. The number of hydrogen-bond acceptors (Lipinski definition) is 3. The molecule has 1 fully saturated rings. The molecule has 6 heteroatoms. The minimum absolute atomic E-state index is 0.0216. The zero-order valence-corrected chi connectivity index (χ0v) is 14.2. The summed E-state index contributed by atoms with van der Waals surface area (Å²) in [4.78, 5) is 12.3. The van der Waals surface area contributed by atoms with Crippen molar-refractivity contribution in [3.8, 4) is 5.69 Å². The van der Waals surface area contributed by atoms with Crippen LogP contribution in [0.25, 0.3) is 5.69 Å². The number of benzene rings is 1. The van der Waals surface area contributed by atoms with E-state index in [2.05, 4.69) is 15.7 Å². The van der Waals surface area contributed by atoms with Crippen LogP contribution in [0.2, 0.25) is 0 Å². The van der Waals surface area contributed by atoms with Crippen molar-refractivity contribution in [2.24, 2.45) is 0 Å². The maximum atomic E-state index is 12.3. The van der Waals surface area contributed by atoms with Crippen molar-refractivity contribution in [3.63, 3.8) is 0 Å². The van der Waals surface area contributed by atoms with Gasteiger partial charge in [-0.3, -0.25) is 0 Å². The van der Waals surface area contributed by atoms with Crippen LogP contribution in [0, 0.1) is 13.8 Å². The third kappa shape index (κ3) is 3.43. The number of hydrogen-bond donors (Lipinski definition) is 3. The Morgan fingerprint density at radius 2 is 2.04 bits per heavy atom. The first-order valence-electron chi connectivity index (χ1n) is 8.35. The summed E-state index contributed by atoms with van der Waals surface area (Å²) in [6.07, 6.45) is 3.72. The Labute approximate surface area is 141 Å². The van der Waals surface area contributed by atoms with Crippen LogP contribution in [-0.2, 0) is 0 Å². The van der Waals surface area contributed by atoms with E-state index in [0.29, 0.717) is 5.69 Å². The fraction of sp³-hybridized carbons (Fsp3) is 0.444. The summed E-state index contributed by atoms with van der Waals surface area (Å²) in [6.45, 7) is 3.93. The number of aliphatic hydroxyl groups excluding tert-OH is 1. The number of carbonyl (C=O) groups is 1. The normalized spacial score (nSPS) is 16.1. The predicted octanol–water partition coefficient (Wildman–Crippen LogP) is 2.92. The molecule has 1 aromatic heterocycles. The maximum absolute atomic E-state index is 12.3. The average molecular weight is 328 g/mol. The molecule has 0 bridgehead atoms. The van der Waals surface area contributed by atoms with Crippen LogP contribution in [0.4, 0.5) is 10.5 Å². The standard InChI is InChI=1S/C18H24N4O2/c1-13-10-14(2)22(21-13)16-7-5-6-15(11-16)19-17(24)20-18(12-23)8-3-4-9-18/h5-7,10-11,23H,3-4,8-9,12H2,1-2H3,(H2,19,20,24). The van der Waals surface area contributed by atoms with E-state index >= 15 is 0 Å². The quantitative estimate of drug-likeness (QED) is 0.807. The lowest BCUT2D eigenvalue weighted by Crippen LogP contribution is -2.50. The number of rotatable bonds is 4. The molecule has 1 heterocycles. The zero-order chi connectivity index (χ0) is 17.2. The fourth-order valence-electron chi connectivity index (χ4n) is 3.38. The molecule has 0 saturated heterocycles. The second-order valence-electron chi connectivity index (χ2n) is 6.61. The third-order valence-electron chi connectivity index (χ3n) is 4.60.